The Hall–Kier alpha value is -3.98. The standard InChI is InChI=1S/C20H15N3O3/c21-14-22-20(26-16-9-5-2-6-10-16)23-18-13-17(11-12-19(18)24)25-15-7-3-1-4-8-15/h1-13,24H,(H,22,23). The number of hydrogen-bond acceptors (Lipinski definition) is 5. The third-order valence-corrected chi connectivity index (χ3v) is 3.30. The number of anilines is 1. The molecule has 0 bridgehead atoms. The van der Waals surface area contributed by atoms with E-state index in [1.54, 1.807) is 42.6 Å². The fraction of sp³-hybridized carbons (Fsp3) is 0. The number of nitrogens with zero attached hydrogens (tertiary/aromatic N) is 2. The van der Waals surface area contributed by atoms with Crippen molar-refractivity contribution in [2.75, 3.05) is 5.32 Å². The first-order valence-electron chi connectivity index (χ1n) is 7.77. The van der Waals surface area contributed by atoms with E-state index in [-0.39, 0.29) is 11.8 Å². The van der Waals surface area contributed by atoms with Gasteiger partial charge in [0.05, 0.1) is 5.69 Å². The van der Waals surface area contributed by atoms with Crippen LogP contribution in [0.3, 0.4) is 0 Å². The maximum absolute atomic E-state index is 10.1. The van der Waals surface area contributed by atoms with E-state index in [9.17, 15) is 5.11 Å². The molecular formula is C20H15N3O3. The maximum Gasteiger partial charge on any atom is 0.310 e. The molecule has 6 heteroatoms. The van der Waals surface area contributed by atoms with Gasteiger partial charge in [0.25, 0.3) is 0 Å². The maximum atomic E-state index is 10.1. The topological polar surface area (TPSA) is 86.9 Å². The highest BCUT2D eigenvalue weighted by atomic mass is 16.5. The average Bonchev–Trinajstić information content (AvgIpc) is 2.66. The molecule has 6 nitrogen and oxygen atoms in total. The number of rotatable bonds is 4. The lowest BCUT2D eigenvalue weighted by atomic mass is 10.2. The molecule has 26 heavy (non-hydrogen) atoms. The normalized spacial score (nSPS) is 10.7. The molecule has 0 amide bonds. The van der Waals surface area contributed by atoms with Crippen LogP contribution in [-0.4, -0.2) is 11.1 Å². The minimum Gasteiger partial charge on any atom is -0.506 e. The molecule has 0 aliphatic rings. The summed E-state index contributed by atoms with van der Waals surface area (Å²) < 4.78 is 11.3. The molecule has 0 aliphatic heterocycles. The molecule has 3 aromatic carbocycles. The van der Waals surface area contributed by atoms with Crippen LogP contribution in [0.25, 0.3) is 0 Å². The molecule has 0 unspecified atom stereocenters. The van der Waals surface area contributed by atoms with Gasteiger partial charge in [-0.05, 0) is 36.4 Å². The van der Waals surface area contributed by atoms with Crippen molar-refractivity contribution in [3.05, 3.63) is 78.9 Å². The van der Waals surface area contributed by atoms with Crippen molar-refractivity contribution in [3.63, 3.8) is 0 Å². The third-order valence-electron chi connectivity index (χ3n) is 3.30. The number of aliphatic imine (C=N–C) groups is 1. The van der Waals surface area contributed by atoms with Crippen LogP contribution in [0, 0.1) is 11.5 Å². The second-order valence-electron chi connectivity index (χ2n) is 5.15. The first-order chi connectivity index (χ1) is 12.7. The summed E-state index contributed by atoms with van der Waals surface area (Å²) in [6.07, 6.45) is 1.67. The van der Waals surface area contributed by atoms with Crippen LogP contribution in [-0.2, 0) is 0 Å². The van der Waals surface area contributed by atoms with Gasteiger partial charge in [0.2, 0.25) is 6.19 Å². The van der Waals surface area contributed by atoms with E-state index < -0.39 is 0 Å². The third kappa shape index (κ3) is 4.52. The fourth-order valence-corrected chi connectivity index (χ4v) is 2.14. The Bertz CT molecular complexity index is 936. The molecule has 3 aromatic rings. The van der Waals surface area contributed by atoms with Gasteiger partial charge in [-0.1, -0.05) is 36.4 Å². The predicted octanol–water partition coefficient (Wildman–Crippen LogP) is 4.51. The Morgan fingerprint density at radius 3 is 2.19 bits per heavy atom. The largest absolute Gasteiger partial charge is 0.506 e. The molecule has 0 aliphatic carbocycles. The van der Waals surface area contributed by atoms with Gasteiger partial charge < -0.3 is 19.9 Å². The van der Waals surface area contributed by atoms with E-state index in [1.165, 1.54) is 6.07 Å². The Labute approximate surface area is 150 Å². The molecule has 0 radical (unpaired) electrons. The van der Waals surface area contributed by atoms with E-state index in [1.807, 2.05) is 36.4 Å². The predicted molar refractivity (Wildman–Crippen MR) is 98.4 cm³/mol. The molecule has 0 aromatic heterocycles. The number of aromatic hydroxyl groups is 1. The van der Waals surface area contributed by atoms with Crippen molar-refractivity contribution >= 4 is 11.7 Å². The second-order valence-corrected chi connectivity index (χ2v) is 5.15. The average molecular weight is 345 g/mol. The van der Waals surface area contributed by atoms with Gasteiger partial charge in [0.15, 0.2) is 0 Å². The summed E-state index contributed by atoms with van der Waals surface area (Å²) >= 11 is 0. The molecule has 0 atom stereocenters. The molecule has 3 rings (SSSR count). The Morgan fingerprint density at radius 1 is 0.885 bits per heavy atom. The lowest BCUT2D eigenvalue weighted by molar-refractivity contribution is 0.466. The summed E-state index contributed by atoms with van der Waals surface area (Å²) in [6.45, 7) is 0. The number of nitriles is 1. The number of nitrogens with one attached hydrogen (secondary N) is 1. The van der Waals surface area contributed by atoms with Crippen LogP contribution in [0.5, 0.6) is 23.0 Å². The zero-order valence-electron chi connectivity index (χ0n) is 13.7. The summed E-state index contributed by atoms with van der Waals surface area (Å²) in [6, 6.07) is 22.8. The summed E-state index contributed by atoms with van der Waals surface area (Å²) in [5.41, 5.74) is 0.295. The molecule has 0 fully saturated rings. The highest BCUT2D eigenvalue weighted by Crippen LogP contribution is 2.31. The van der Waals surface area contributed by atoms with Gasteiger partial charge in [-0.3, -0.25) is 0 Å². The summed E-state index contributed by atoms with van der Waals surface area (Å²) in [4.78, 5) is 3.61. The van der Waals surface area contributed by atoms with E-state index in [2.05, 4.69) is 10.3 Å². The quantitative estimate of drug-likeness (QED) is 0.314. The molecule has 0 heterocycles. The Kier molecular flexibility index (Phi) is 5.33. The van der Waals surface area contributed by atoms with Gasteiger partial charge >= 0.3 is 6.02 Å². The molecular weight excluding hydrogens is 330 g/mol. The SMILES string of the molecule is N#C/N=C(/Nc1cc(Oc2ccccc2)ccc1O)Oc1ccccc1. The lowest BCUT2D eigenvalue weighted by Crippen LogP contribution is -2.19. The molecule has 0 spiro atoms. The van der Waals surface area contributed by atoms with Crippen molar-refractivity contribution in [2.45, 2.75) is 0 Å². The number of para-hydroxylation sites is 2. The van der Waals surface area contributed by atoms with Crippen LogP contribution in [0.4, 0.5) is 5.69 Å². The number of hydrogen-bond donors (Lipinski definition) is 2. The highest BCUT2D eigenvalue weighted by molar-refractivity contribution is 5.92. The van der Waals surface area contributed by atoms with Crippen LogP contribution in [0.15, 0.2) is 83.9 Å². The molecule has 2 N–H and O–H groups in total. The van der Waals surface area contributed by atoms with Crippen molar-refractivity contribution in [1.29, 1.82) is 5.26 Å². The molecule has 0 saturated heterocycles. The van der Waals surface area contributed by atoms with E-state index in [0.717, 1.165) is 0 Å². The van der Waals surface area contributed by atoms with Gasteiger partial charge in [0, 0.05) is 6.07 Å². The van der Waals surface area contributed by atoms with Crippen molar-refractivity contribution in [3.8, 4) is 29.2 Å². The zero-order valence-corrected chi connectivity index (χ0v) is 13.7. The number of ether oxygens (including phenoxy) is 2. The number of phenols is 1. The Morgan fingerprint density at radius 2 is 1.54 bits per heavy atom. The first kappa shape index (κ1) is 16.9. The van der Waals surface area contributed by atoms with Crippen LogP contribution in [0.1, 0.15) is 0 Å². The number of benzene rings is 3. The summed E-state index contributed by atoms with van der Waals surface area (Å²) in [5, 5.41) is 21.7. The summed E-state index contributed by atoms with van der Waals surface area (Å²) in [7, 11) is 0. The van der Waals surface area contributed by atoms with E-state index >= 15 is 0 Å². The number of phenolic OH excluding ortho intramolecular Hbond substituents is 1. The monoisotopic (exact) mass is 345 g/mol. The Balaban J connectivity index is 1.79. The van der Waals surface area contributed by atoms with Crippen LogP contribution in [0.2, 0.25) is 0 Å². The van der Waals surface area contributed by atoms with Crippen LogP contribution >= 0.6 is 0 Å². The van der Waals surface area contributed by atoms with Crippen LogP contribution < -0.4 is 14.8 Å². The smallest absolute Gasteiger partial charge is 0.310 e. The zero-order chi connectivity index (χ0) is 18.2. The first-order valence-corrected chi connectivity index (χ1v) is 7.77. The fourth-order valence-electron chi connectivity index (χ4n) is 2.14. The number of amidine groups is 1. The molecule has 0 saturated carbocycles. The van der Waals surface area contributed by atoms with Gasteiger partial charge in [-0.2, -0.15) is 5.26 Å². The van der Waals surface area contributed by atoms with Crippen molar-refractivity contribution in [2.24, 2.45) is 4.99 Å². The van der Waals surface area contributed by atoms with Gasteiger partial charge in [-0.25, -0.2) is 0 Å². The van der Waals surface area contributed by atoms with E-state index in [0.29, 0.717) is 22.9 Å². The highest BCUT2D eigenvalue weighted by Gasteiger charge is 2.10. The minimum atomic E-state index is -0.0640. The van der Waals surface area contributed by atoms with Gasteiger partial charge in [0.1, 0.15) is 23.0 Å². The van der Waals surface area contributed by atoms with Gasteiger partial charge in [-0.15, -0.1) is 4.99 Å². The van der Waals surface area contributed by atoms with Crippen molar-refractivity contribution < 1.29 is 14.6 Å². The van der Waals surface area contributed by atoms with Crippen molar-refractivity contribution in [1.82, 2.24) is 0 Å². The second kappa shape index (κ2) is 8.22. The molecule has 128 valence electrons. The lowest BCUT2D eigenvalue weighted by Gasteiger charge is -2.13. The van der Waals surface area contributed by atoms with E-state index in [4.69, 9.17) is 14.7 Å². The summed E-state index contributed by atoms with van der Waals surface area (Å²) in [5.74, 6) is 1.64. The minimum absolute atomic E-state index is 0.0345.